The number of ether oxygens (including phenoxy) is 1. The van der Waals surface area contributed by atoms with Gasteiger partial charge in [0.05, 0.1) is 17.7 Å². The molecule has 2 unspecified atom stereocenters. The molecule has 2 rings (SSSR count). The lowest BCUT2D eigenvalue weighted by atomic mass is 9.95. The van der Waals surface area contributed by atoms with Crippen molar-refractivity contribution in [2.24, 2.45) is 5.92 Å². The molecule has 2 nitrogen and oxygen atoms in total. The van der Waals surface area contributed by atoms with Crippen molar-refractivity contribution < 1.29 is 14.2 Å². The van der Waals surface area contributed by atoms with Crippen molar-refractivity contribution in [3.63, 3.8) is 0 Å². The first kappa shape index (κ1) is 12.3. The number of benzene rings is 1. The van der Waals surface area contributed by atoms with Crippen LogP contribution in [0.2, 0.25) is 5.02 Å². The van der Waals surface area contributed by atoms with Gasteiger partial charge in [-0.3, -0.25) is 0 Å². The SMILES string of the molecule is OC(c1cc(Cl)c(Br)cc1F)C1CCOC1. The fourth-order valence-corrected chi connectivity index (χ4v) is 2.31. The molecule has 1 saturated heterocycles. The Morgan fingerprint density at radius 3 is 2.94 bits per heavy atom. The van der Waals surface area contributed by atoms with Crippen molar-refractivity contribution in [3.8, 4) is 0 Å². The lowest BCUT2D eigenvalue weighted by molar-refractivity contribution is 0.0889. The van der Waals surface area contributed by atoms with Gasteiger partial charge in [0.1, 0.15) is 5.82 Å². The van der Waals surface area contributed by atoms with E-state index in [1.54, 1.807) is 0 Å². The van der Waals surface area contributed by atoms with E-state index in [1.807, 2.05) is 0 Å². The Morgan fingerprint density at radius 1 is 1.56 bits per heavy atom. The Hall–Kier alpha value is -0.160. The second kappa shape index (κ2) is 5.00. The Labute approximate surface area is 106 Å². The molecule has 16 heavy (non-hydrogen) atoms. The zero-order valence-electron chi connectivity index (χ0n) is 8.42. The van der Waals surface area contributed by atoms with Crippen LogP contribution in [0.1, 0.15) is 18.1 Å². The third-order valence-corrected chi connectivity index (χ3v) is 3.97. The number of halogens is 3. The van der Waals surface area contributed by atoms with Crippen molar-refractivity contribution in [2.45, 2.75) is 12.5 Å². The van der Waals surface area contributed by atoms with E-state index in [2.05, 4.69) is 15.9 Å². The third-order valence-electron chi connectivity index (χ3n) is 2.77. The van der Waals surface area contributed by atoms with Crippen molar-refractivity contribution in [1.29, 1.82) is 0 Å². The van der Waals surface area contributed by atoms with Crippen LogP contribution in [0.5, 0.6) is 0 Å². The van der Waals surface area contributed by atoms with Crippen LogP contribution in [-0.4, -0.2) is 18.3 Å². The minimum atomic E-state index is -0.854. The van der Waals surface area contributed by atoms with Crippen LogP contribution >= 0.6 is 27.5 Å². The highest BCUT2D eigenvalue weighted by molar-refractivity contribution is 9.10. The second-order valence-electron chi connectivity index (χ2n) is 3.86. The average Bonchev–Trinajstić information content (AvgIpc) is 2.75. The normalized spacial score (nSPS) is 22.4. The van der Waals surface area contributed by atoms with Gasteiger partial charge in [-0.25, -0.2) is 4.39 Å². The van der Waals surface area contributed by atoms with Crippen LogP contribution in [0.4, 0.5) is 4.39 Å². The van der Waals surface area contributed by atoms with Gasteiger partial charge in [-0.2, -0.15) is 0 Å². The third kappa shape index (κ3) is 2.40. The standard InChI is InChI=1S/C11H11BrClFO2/c12-8-4-10(14)7(3-9(8)13)11(15)6-1-2-16-5-6/h3-4,6,11,15H,1-2,5H2. The summed E-state index contributed by atoms with van der Waals surface area (Å²) in [6, 6.07) is 2.74. The van der Waals surface area contributed by atoms with Gasteiger partial charge in [0.15, 0.2) is 0 Å². The van der Waals surface area contributed by atoms with Gasteiger partial charge in [0, 0.05) is 22.6 Å². The fourth-order valence-electron chi connectivity index (χ4n) is 1.82. The maximum Gasteiger partial charge on any atom is 0.130 e. The highest BCUT2D eigenvalue weighted by atomic mass is 79.9. The Bertz CT molecular complexity index is 394. The van der Waals surface area contributed by atoms with Crippen molar-refractivity contribution in [1.82, 2.24) is 0 Å². The summed E-state index contributed by atoms with van der Waals surface area (Å²) in [5.74, 6) is -0.498. The zero-order chi connectivity index (χ0) is 11.7. The molecular weight excluding hydrogens is 298 g/mol. The summed E-state index contributed by atoms with van der Waals surface area (Å²) in [5.41, 5.74) is 0.240. The quantitative estimate of drug-likeness (QED) is 0.849. The molecular formula is C11H11BrClFO2. The number of hydrogen-bond donors (Lipinski definition) is 1. The van der Waals surface area contributed by atoms with E-state index in [0.29, 0.717) is 22.7 Å². The van der Waals surface area contributed by atoms with E-state index in [-0.39, 0.29) is 11.5 Å². The van der Waals surface area contributed by atoms with E-state index >= 15 is 0 Å². The number of aliphatic hydroxyl groups is 1. The maximum atomic E-state index is 13.6. The van der Waals surface area contributed by atoms with Crippen LogP contribution in [0.25, 0.3) is 0 Å². The van der Waals surface area contributed by atoms with E-state index in [1.165, 1.54) is 12.1 Å². The smallest absolute Gasteiger partial charge is 0.130 e. The number of aliphatic hydroxyl groups excluding tert-OH is 1. The highest BCUT2D eigenvalue weighted by Gasteiger charge is 2.27. The molecule has 0 radical (unpaired) electrons. The van der Waals surface area contributed by atoms with Crippen LogP contribution < -0.4 is 0 Å². The molecule has 1 N–H and O–H groups in total. The molecule has 1 fully saturated rings. The molecule has 1 heterocycles. The van der Waals surface area contributed by atoms with Gasteiger partial charge < -0.3 is 9.84 Å². The maximum absolute atomic E-state index is 13.6. The molecule has 1 aliphatic rings. The Kier molecular flexibility index (Phi) is 3.85. The molecule has 0 saturated carbocycles. The van der Waals surface area contributed by atoms with Gasteiger partial charge in [-0.15, -0.1) is 0 Å². The average molecular weight is 310 g/mol. The van der Waals surface area contributed by atoms with Crippen molar-refractivity contribution in [3.05, 3.63) is 33.0 Å². The molecule has 88 valence electrons. The van der Waals surface area contributed by atoms with Gasteiger partial charge >= 0.3 is 0 Å². The van der Waals surface area contributed by atoms with Crippen LogP contribution in [0.3, 0.4) is 0 Å². The van der Waals surface area contributed by atoms with Gasteiger partial charge in [-0.05, 0) is 34.5 Å². The van der Waals surface area contributed by atoms with E-state index in [9.17, 15) is 9.50 Å². The van der Waals surface area contributed by atoms with E-state index < -0.39 is 11.9 Å². The lowest BCUT2D eigenvalue weighted by Crippen LogP contribution is -2.14. The molecule has 5 heteroatoms. The molecule has 1 aromatic carbocycles. The van der Waals surface area contributed by atoms with Crippen LogP contribution in [0.15, 0.2) is 16.6 Å². The van der Waals surface area contributed by atoms with Gasteiger partial charge in [0.2, 0.25) is 0 Å². The van der Waals surface area contributed by atoms with Crippen LogP contribution in [0, 0.1) is 11.7 Å². The summed E-state index contributed by atoms with van der Waals surface area (Å²) in [6.07, 6.45) is -0.109. The largest absolute Gasteiger partial charge is 0.388 e. The zero-order valence-corrected chi connectivity index (χ0v) is 10.8. The monoisotopic (exact) mass is 308 g/mol. The lowest BCUT2D eigenvalue weighted by Gasteiger charge is -2.18. The summed E-state index contributed by atoms with van der Waals surface area (Å²) in [4.78, 5) is 0. The second-order valence-corrected chi connectivity index (χ2v) is 5.12. The highest BCUT2D eigenvalue weighted by Crippen LogP contribution is 2.34. The fraction of sp³-hybridized carbons (Fsp3) is 0.455. The topological polar surface area (TPSA) is 29.5 Å². The summed E-state index contributed by atoms with van der Waals surface area (Å²) < 4.78 is 19.3. The van der Waals surface area contributed by atoms with E-state index in [0.717, 1.165) is 6.42 Å². The molecule has 1 aliphatic heterocycles. The molecule has 0 bridgehead atoms. The molecule has 2 atom stereocenters. The Balaban J connectivity index is 2.28. The molecule has 0 spiro atoms. The van der Waals surface area contributed by atoms with Crippen molar-refractivity contribution in [2.75, 3.05) is 13.2 Å². The number of hydrogen-bond acceptors (Lipinski definition) is 2. The van der Waals surface area contributed by atoms with Crippen LogP contribution in [-0.2, 0) is 4.74 Å². The first-order chi connectivity index (χ1) is 7.59. The summed E-state index contributed by atoms with van der Waals surface area (Å²) in [5, 5.41) is 10.4. The van der Waals surface area contributed by atoms with Gasteiger partial charge in [0.25, 0.3) is 0 Å². The minimum Gasteiger partial charge on any atom is -0.388 e. The van der Waals surface area contributed by atoms with Crippen molar-refractivity contribution >= 4 is 27.5 Å². The molecule has 0 aliphatic carbocycles. The number of rotatable bonds is 2. The minimum absolute atomic E-state index is 0.0493. The summed E-state index contributed by atoms with van der Waals surface area (Å²) in [7, 11) is 0. The molecule has 1 aromatic rings. The summed E-state index contributed by atoms with van der Waals surface area (Å²) in [6.45, 7) is 1.09. The molecule has 0 aromatic heterocycles. The first-order valence-electron chi connectivity index (χ1n) is 5.00. The van der Waals surface area contributed by atoms with E-state index in [4.69, 9.17) is 16.3 Å². The Morgan fingerprint density at radius 2 is 2.31 bits per heavy atom. The predicted molar refractivity (Wildman–Crippen MR) is 63.0 cm³/mol. The molecule has 0 amide bonds. The van der Waals surface area contributed by atoms with Gasteiger partial charge in [-0.1, -0.05) is 11.6 Å². The predicted octanol–water partition coefficient (Wildman–Crippen LogP) is 3.31. The first-order valence-corrected chi connectivity index (χ1v) is 6.17. The summed E-state index contributed by atoms with van der Waals surface area (Å²) >= 11 is 9.02.